The topological polar surface area (TPSA) is 34.1 Å². The third kappa shape index (κ3) is 1.49. The lowest BCUT2D eigenvalue weighted by Crippen LogP contribution is -1.89. The Hall–Kier alpha value is -1.01. The van der Waals surface area contributed by atoms with Gasteiger partial charge >= 0.3 is 0 Å². The van der Waals surface area contributed by atoms with Crippen LogP contribution in [0.3, 0.4) is 0 Å². The molecule has 0 spiro atoms. The fourth-order valence-electron chi connectivity index (χ4n) is 0.614. The summed E-state index contributed by atoms with van der Waals surface area (Å²) in [5, 5.41) is 0.686. The van der Waals surface area contributed by atoms with Gasteiger partial charge in [0.25, 0.3) is 0 Å². The molecule has 0 bridgehead atoms. The fourth-order valence-corrected chi connectivity index (χ4v) is 0.885. The molecule has 0 fully saturated rings. The van der Waals surface area contributed by atoms with E-state index in [4.69, 9.17) is 0 Å². The van der Waals surface area contributed by atoms with Crippen molar-refractivity contribution in [3.8, 4) is 0 Å². The number of aldehydes is 1. The first kappa shape index (κ1) is 7.10. The molecule has 0 atom stereocenters. The molecular weight excluding hydrogens is 147 g/mol. The molecule has 2 nitrogen and oxygen atoms in total. The molecular formula is C7H5O2P. The van der Waals surface area contributed by atoms with E-state index in [0.717, 1.165) is 6.29 Å². The van der Waals surface area contributed by atoms with Crippen LogP contribution in [-0.4, -0.2) is 6.29 Å². The van der Waals surface area contributed by atoms with E-state index in [0.29, 0.717) is 10.9 Å². The third-order valence-electron chi connectivity index (χ3n) is 1.13. The molecule has 0 amide bonds. The highest BCUT2D eigenvalue weighted by molar-refractivity contribution is 7.34. The second-order valence-electron chi connectivity index (χ2n) is 1.80. The summed E-state index contributed by atoms with van der Waals surface area (Å²) in [5.41, 5.74) is 0.604. The average molecular weight is 152 g/mol. The summed E-state index contributed by atoms with van der Waals surface area (Å²) in [6.45, 7) is 0. The minimum atomic E-state index is -0.00803. The zero-order chi connectivity index (χ0) is 7.40. The van der Waals surface area contributed by atoms with Gasteiger partial charge in [0.05, 0.1) is 0 Å². The van der Waals surface area contributed by atoms with E-state index in [1.165, 1.54) is 0 Å². The minimum Gasteiger partial charge on any atom is -0.298 e. The lowest BCUT2D eigenvalue weighted by molar-refractivity contribution is 0.112. The van der Waals surface area contributed by atoms with Crippen LogP contribution in [0.5, 0.6) is 0 Å². The van der Waals surface area contributed by atoms with Gasteiger partial charge in [-0.25, -0.2) is 0 Å². The lowest BCUT2D eigenvalue weighted by Gasteiger charge is -1.87. The van der Waals surface area contributed by atoms with Gasteiger partial charge in [0.2, 0.25) is 0 Å². The highest BCUT2D eigenvalue weighted by atomic mass is 31.1. The van der Waals surface area contributed by atoms with Gasteiger partial charge in [0.1, 0.15) is 6.29 Å². The van der Waals surface area contributed by atoms with Gasteiger partial charge in [0, 0.05) is 10.9 Å². The lowest BCUT2D eigenvalue weighted by atomic mass is 10.2. The highest BCUT2D eigenvalue weighted by Crippen LogP contribution is 1.97. The van der Waals surface area contributed by atoms with Crippen LogP contribution in [0.25, 0.3) is 0 Å². The van der Waals surface area contributed by atoms with Crippen LogP contribution in [0.1, 0.15) is 10.4 Å². The van der Waals surface area contributed by atoms with E-state index in [1.807, 2.05) is 0 Å². The van der Waals surface area contributed by atoms with Crippen molar-refractivity contribution < 1.29 is 9.36 Å². The third-order valence-corrected chi connectivity index (χ3v) is 1.64. The first-order valence-corrected chi connectivity index (χ1v) is 3.56. The molecule has 0 heterocycles. The SMILES string of the molecule is O=Cc1ccc(P=O)cc1. The Morgan fingerprint density at radius 1 is 1.20 bits per heavy atom. The summed E-state index contributed by atoms with van der Waals surface area (Å²) in [4.78, 5) is 10.1. The highest BCUT2D eigenvalue weighted by Gasteiger charge is 1.90. The smallest absolute Gasteiger partial charge is 0.192 e. The standard InChI is InChI=1S/C7H5O2P/c8-5-6-1-3-7(10-9)4-2-6/h1-5H. The Bertz CT molecular complexity index is 213. The molecule has 10 heavy (non-hydrogen) atoms. The Labute approximate surface area is 60.1 Å². The van der Waals surface area contributed by atoms with Crippen molar-refractivity contribution in [1.82, 2.24) is 0 Å². The van der Waals surface area contributed by atoms with Crippen molar-refractivity contribution in [3.05, 3.63) is 29.8 Å². The number of carbonyl (C=O) groups excluding carboxylic acids is 1. The van der Waals surface area contributed by atoms with Crippen LogP contribution >= 0.6 is 8.46 Å². The summed E-state index contributed by atoms with van der Waals surface area (Å²) in [5.74, 6) is 0. The molecule has 0 saturated carbocycles. The normalized spacial score (nSPS) is 9.60. The molecule has 0 saturated heterocycles. The minimum absolute atomic E-state index is 0.00803. The molecule has 50 valence electrons. The molecule has 0 unspecified atom stereocenters. The van der Waals surface area contributed by atoms with Crippen LogP contribution in [-0.2, 0) is 4.57 Å². The molecule has 0 radical (unpaired) electrons. The van der Waals surface area contributed by atoms with Crippen molar-refractivity contribution in [1.29, 1.82) is 0 Å². The summed E-state index contributed by atoms with van der Waals surface area (Å²) < 4.78 is 10.2. The molecule has 0 aliphatic heterocycles. The summed E-state index contributed by atoms with van der Waals surface area (Å²) in [7, 11) is -0.00803. The number of rotatable bonds is 2. The first-order valence-electron chi connectivity index (χ1n) is 2.75. The summed E-state index contributed by atoms with van der Waals surface area (Å²) in [6, 6.07) is 6.57. The van der Waals surface area contributed by atoms with Gasteiger partial charge < -0.3 is 0 Å². The average Bonchev–Trinajstić information content (AvgIpc) is 2.05. The maximum atomic E-state index is 10.2. The van der Waals surface area contributed by atoms with Crippen molar-refractivity contribution in [2.75, 3.05) is 0 Å². The molecule has 0 aromatic heterocycles. The molecule has 0 aliphatic rings. The monoisotopic (exact) mass is 152 g/mol. The van der Waals surface area contributed by atoms with E-state index >= 15 is 0 Å². The Kier molecular flexibility index (Phi) is 2.30. The number of hydrogen-bond acceptors (Lipinski definition) is 2. The molecule has 1 aromatic carbocycles. The van der Waals surface area contributed by atoms with Crippen LogP contribution in [0.15, 0.2) is 24.3 Å². The predicted octanol–water partition coefficient (Wildman–Crippen LogP) is 1.42. The first-order chi connectivity index (χ1) is 4.86. The maximum absolute atomic E-state index is 10.2. The van der Waals surface area contributed by atoms with Crippen LogP contribution in [0.2, 0.25) is 0 Å². The van der Waals surface area contributed by atoms with E-state index in [1.54, 1.807) is 24.3 Å². The largest absolute Gasteiger partial charge is 0.298 e. The second-order valence-corrected chi connectivity index (χ2v) is 2.50. The van der Waals surface area contributed by atoms with Gasteiger partial charge in [-0.1, -0.05) is 12.1 Å². The number of benzene rings is 1. The van der Waals surface area contributed by atoms with Gasteiger partial charge in [0.15, 0.2) is 8.46 Å². The zero-order valence-electron chi connectivity index (χ0n) is 5.15. The predicted molar refractivity (Wildman–Crippen MR) is 39.1 cm³/mol. The summed E-state index contributed by atoms with van der Waals surface area (Å²) >= 11 is 0. The van der Waals surface area contributed by atoms with Crippen molar-refractivity contribution >= 4 is 20.1 Å². The molecule has 3 heteroatoms. The Morgan fingerprint density at radius 3 is 2.20 bits per heavy atom. The Morgan fingerprint density at radius 2 is 1.80 bits per heavy atom. The van der Waals surface area contributed by atoms with E-state index in [9.17, 15) is 9.36 Å². The van der Waals surface area contributed by atoms with E-state index in [-0.39, 0.29) is 8.46 Å². The van der Waals surface area contributed by atoms with Gasteiger partial charge in [-0.05, 0) is 12.1 Å². The summed E-state index contributed by atoms with van der Waals surface area (Å²) in [6.07, 6.45) is 0.755. The maximum Gasteiger partial charge on any atom is 0.192 e. The van der Waals surface area contributed by atoms with E-state index in [2.05, 4.69) is 0 Å². The van der Waals surface area contributed by atoms with Crippen molar-refractivity contribution in [3.63, 3.8) is 0 Å². The van der Waals surface area contributed by atoms with Crippen LogP contribution in [0.4, 0.5) is 0 Å². The fraction of sp³-hybridized carbons (Fsp3) is 0. The van der Waals surface area contributed by atoms with Crippen LogP contribution < -0.4 is 5.30 Å². The van der Waals surface area contributed by atoms with Crippen molar-refractivity contribution in [2.24, 2.45) is 0 Å². The quantitative estimate of drug-likeness (QED) is 0.474. The second kappa shape index (κ2) is 3.23. The van der Waals surface area contributed by atoms with Crippen molar-refractivity contribution in [2.45, 2.75) is 0 Å². The molecule has 1 rings (SSSR count). The van der Waals surface area contributed by atoms with E-state index < -0.39 is 0 Å². The number of carbonyl (C=O) groups is 1. The Balaban J connectivity index is 3.00. The molecule has 0 aliphatic carbocycles. The molecule has 1 aromatic rings. The number of hydrogen-bond donors (Lipinski definition) is 0. The van der Waals surface area contributed by atoms with Gasteiger partial charge in [-0.15, -0.1) is 0 Å². The molecule has 0 N–H and O–H groups in total. The van der Waals surface area contributed by atoms with Crippen LogP contribution in [0, 0.1) is 0 Å². The van der Waals surface area contributed by atoms with Gasteiger partial charge in [-0.3, -0.25) is 9.36 Å². The zero-order valence-corrected chi connectivity index (χ0v) is 6.04. The van der Waals surface area contributed by atoms with Gasteiger partial charge in [-0.2, -0.15) is 0 Å².